The summed E-state index contributed by atoms with van der Waals surface area (Å²) in [5, 5.41) is 4.61. The molecule has 0 unspecified atom stereocenters. The summed E-state index contributed by atoms with van der Waals surface area (Å²) in [6.45, 7) is 8.27. The molecule has 3 N–H and O–H groups in total. The van der Waals surface area contributed by atoms with Crippen LogP contribution in [0.25, 0.3) is 0 Å². The van der Waals surface area contributed by atoms with Crippen LogP contribution in [0.15, 0.2) is 33.9 Å². The number of nitrogens with zero attached hydrogens (tertiary/aromatic N) is 4. The van der Waals surface area contributed by atoms with Crippen LogP contribution >= 0.6 is 11.6 Å². The Morgan fingerprint density at radius 2 is 1.85 bits per heavy atom. The van der Waals surface area contributed by atoms with Gasteiger partial charge in [-0.15, -0.1) is 0 Å². The van der Waals surface area contributed by atoms with Gasteiger partial charge >= 0.3 is 5.69 Å². The normalized spacial score (nSPS) is 11.1. The number of aromatic amines is 1. The van der Waals surface area contributed by atoms with Crippen LogP contribution in [0.3, 0.4) is 0 Å². The lowest BCUT2D eigenvalue weighted by Crippen LogP contribution is -2.41. The molecule has 10 heteroatoms. The van der Waals surface area contributed by atoms with E-state index in [1.165, 1.54) is 9.47 Å². The van der Waals surface area contributed by atoms with Gasteiger partial charge < -0.3 is 10.6 Å². The number of halogens is 1. The molecule has 3 rings (SSSR count). The third-order valence-corrected chi connectivity index (χ3v) is 5.90. The minimum Gasteiger partial charge on any atom is -0.383 e. The molecule has 2 heterocycles. The van der Waals surface area contributed by atoms with Crippen LogP contribution in [0.4, 0.5) is 11.5 Å². The Morgan fingerprint density at radius 3 is 2.45 bits per heavy atom. The molecular formula is C23H29ClN6O3. The van der Waals surface area contributed by atoms with Crippen molar-refractivity contribution in [1.29, 1.82) is 0 Å². The van der Waals surface area contributed by atoms with Crippen LogP contribution in [0.2, 0.25) is 5.15 Å². The molecule has 2 aromatic heterocycles. The smallest absolute Gasteiger partial charge is 0.330 e. The van der Waals surface area contributed by atoms with Crippen LogP contribution in [-0.2, 0) is 13.1 Å². The molecule has 0 bridgehead atoms. The summed E-state index contributed by atoms with van der Waals surface area (Å²) in [5.74, 6) is -0.554. The van der Waals surface area contributed by atoms with Crippen molar-refractivity contribution in [1.82, 2.24) is 19.3 Å². The van der Waals surface area contributed by atoms with Crippen molar-refractivity contribution in [2.75, 3.05) is 17.2 Å². The summed E-state index contributed by atoms with van der Waals surface area (Å²) < 4.78 is 2.84. The highest BCUT2D eigenvalue weighted by molar-refractivity contribution is 6.34. The fourth-order valence-corrected chi connectivity index (χ4v) is 4.00. The fraction of sp³-hybridized carbons (Fsp3) is 0.391. The Morgan fingerprint density at radius 1 is 1.18 bits per heavy atom. The van der Waals surface area contributed by atoms with E-state index in [4.69, 9.17) is 17.3 Å². The summed E-state index contributed by atoms with van der Waals surface area (Å²) in [5.41, 5.74) is 7.57. The number of benzene rings is 1. The van der Waals surface area contributed by atoms with E-state index in [9.17, 15) is 14.4 Å². The summed E-state index contributed by atoms with van der Waals surface area (Å²) in [6, 6.07) is 7.94. The highest BCUT2D eigenvalue weighted by Gasteiger charge is 2.29. The van der Waals surface area contributed by atoms with Crippen LogP contribution in [-0.4, -0.2) is 31.8 Å². The molecule has 0 spiro atoms. The Balaban J connectivity index is 2.02. The Hall–Kier alpha value is -3.33. The number of aryl methyl sites for hydroxylation is 2. The first-order valence-corrected chi connectivity index (χ1v) is 11.3. The van der Waals surface area contributed by atoms with Gasteiger partial charge in [0.05, 0.1) is 17.8 Å². The number of rotatable bonds is 8. The second-order valence-electron chi connectivity index (χ2n) is 7.94. The third kappa shape index (κ3) is 4.88. The monoisotopic (exact) mass is 472 g/mol. The Bertz CT molecular complexity index is 1270. The van der Waals surface area contributed by atoms with Crippen LogP contribution < -0.4 is 21.9 Å². The molecule has 0 fully saturated rings. The van der Waals surface area contributed by atoms with Crippen molar-refractivity contribution in [3.8, 4) is 0 Å². The third-order valence-electron chi connectivity index (χ3n) is 5.51. The van der Waals surface area contributed by atoms with E-state index in [0.717, 1.165) is 17.5 Å². The van der Waals surface area contributed by atoms with Gasteiger partial charge in [0.1, 0.15) is 11.0 Å². The van der Waals surface area contributed by atoms with Gasteiger partial charge in [0.25, 0.3) is 11.5 Å². The lowest BCUT2D eigenvalue weighted by molar-refractivity contribution is 0.0987. The van der Waals surface area contributed by atoms with Crippen molar-refractivity contribution in [2.24, 2.45) is 0 Å². The quantitative estimate of drug-likeness (QED) is 0.522. The molecule has 1 amide bonds. The minimum absolute atomic E-state index is 0.0479. The largest absolute Gasteiger partial charge is 0.383 e. The Kier molecular flexibility index (Phi) is 7.43. The van der Waals surface area contributed by atoms with E-state index in [1.807, 2.05) is 38.1 Å². The van der Waals surface area contributed by atoms with E-state index in [-0.39, 0.29) is 28.8 Å². The number of nitrogens with two attached hydrogens (primary N) is 1. The first-order chi connectivity index (χ1) is 15.7. The Labute approximate surface area is 196 Å². The maximum absolute atomic E-state index is 13.5. The molecule has 33 heavy (non-hydrogen) atoms. The predicted octanol–water partition coefficient (Wildman–Crippen LogP) is 3.10. The van der Waals surface area contributed by atoms with Crippen molar-refractivity contribution >= 4 is 29.0 Å². The van der Waals surface area contributed by atoms with Crippen molar-refractivity contribution < 1.29 is 4.79 Å². The molecule has 3 aromatic rings. The van der Waals surface area contributed by atoms with Crippen LogP contribution in [0.1, 0.15) is 53.9 Å². The van der Waals surface area contributed by atoms with E-state index in [2.05, 4.69) is 10.1 Å². The second-order valence-corrected chi connectivity index (χ2v) is 8.30. The van der Waals surface area contributed by atoms with Crippen LogP contribution in [0.5, 0.6) is 0 Å². The summed E-state index contributed by atoms with van der Waals surface area (Å²) in [7, 11) is 0. The zero-order chi connectivity index (χ0) is 24.3. The molecule has 0 saturated carbocycles. The van der Waals surface area contributed by atoms with Crippen LogP contribution in [0, 0.1) is 13.8 Å². The lowest BCUT2D eigenvalue weighted by Gasteiger charge is -2.23. The maximum atomic E-state index is 13.5. The first kappa shape index (κ1) is 24.3. The number of anilines is 2. The van der Waals surface area contributed by atoms with Gasteiger partial charge in [0, 0.05) is 13.1 Å². The highest BCUT2D eigenvalue weighted by Crippen LogP contribution is 2.26. The van der Waals surface area contributed by atoms with Gasteiger partial charge in [-0.1, -0.05) is 54.8 Å². The van der Waals surface area contributed by atoms with E-state index < -0.39 is 17.2 Å². The van der Waals surface area contributed by atoms with Gasteiger partial charge in [-0.25, -0.2) is 9.48 Å². The highest BCUT2D eigenvalue weighted by atomic mass is 35.5. The minimum atomic E-state index is -0.721. The lowest BCUT2D eigenvalue weighted by atomic mass is 10.1. The molecule has 0 aliphatic rings. The number of carbonyl (C=O) groups excluding carboxylic acids is 1. The topological polar surface area (TPSA) is 119 Å². The fourth-order valence-electron chi connectivity index (χ4n) is 3.68. The number of nitrogens with one attached hydrogen (secondary N) is 1. The standard InChI is InChI=1S/C23H29ClN6O3/c1-5-7-12-29-20(25)18(21(31)26-23(29)33)28(6-2)22(32)17-15(4)27-30(19(17)24)13-16-10-8-14(3)9-11-16/h8-11H,5-7,12-13,25H2,1-4H3,(H,26,31,33). The predicted molar refractivity (Wildman–Crippen MR) is 130 cm³/mol. The molecule has 9 nitrogen and oxygen atoms in total. The molecule has 0 radical (unpaired) electrons. The van der Waals surface area contributed by atoms with Crippen molar-refractivity contribution in [3.05, 3.63) is 72.6 Å². The van der Waals surface area contributed by atoms with E-state index in [0.29, 0.717) is 25.2 Å². The zero-order valence-electron chi connectivity index (χ0n) is 19.3. The number of carbonyl (C=O) groups is 1. The average Bonchev–Trinajstić information content (AvgIpc) is 3.04. The number of nitrogen functional groups attached to an aromatic ring is 1. The van der Waals surface area contributed by atoms with Crippen molar-refractivity contribution in [3.63, 3.8) is 0 Å². The molecule has 0 aliphatic carbocycles. The number of amides is 1. The molecule has 176 valence electrons. The summed E-state index contributed by atoms with van der Waals surface area (Å²) in [6.07, 6.45) is 1.54. The average molecular weight is 473 g/mol. The summed E-state index contributed by atoms with van der Waals surface area (Å²) >= 11 is 6.58. The van der Waals surface area contributed by atoms with Gasteiger partial charge in [-0.3, -0.25) is 19.1 Å². The van der Waals surface area contributed by atoms with Crippen molar-refractivity contribution in [2.45, 2.75) is 53.6 Å². The first-order valence-electron chi connectivity index (χ1n) is 10.9. The molecular weight excluding hydrogens is 444 g/mol. The number of unbranched alkanes of at least 4 members (excludes halogenated alkanes) is 1. The number of aromatic nitrogens is 4. The van der Waals surface area contributed by atoms with Gasteiger partial charge in [-0.2, -0.15) is 5.10 Å². The second kappa shape index (κ2) is 10.1. The number of H-pyrrole nitrogens is 1. The van der Waals surface area contributed by atoms with Gasteiger partial charge in [-0.05, 0) is 32.8 Å². The zero-order valence-corrected chi connectivity index (χ0v) is 20.1. The van der Waals surface area contributed by atoms with E-state index >= 15 is 0 Å². The van der Waals surface area contributed by atoms with Gasteiger partial charge in [0.2, 0.25) is 0 Å². The molecule has 0 atom stereocenters. The van der Waals surface area contributed by atoms with E-state index in [1.54, 1.807) is 18.5 Å². The number of hydrogen-bond donors (Lipinski definition) is 2. The number of hydrogen-bond acceptors (Lipinski definition) is 5. The SMILES string of the molecule is CCCCn1c(N)c(N(CC)C(=O)c2c(C)nn(Cc3ccc(C)cc3)c2Cl)c(=O)[nH]c1=O. The molecule has 0 saturated heterocycles. The van der Waals surface area contributed by atoms with Gasteiger partial charge in [0.15, 0.2) is 5.69 Å². The summed E-state index contributed by atoms with van der Waals surface area (Å²) in [4.78, 5) is 42.0. The molecule has 1 aromatic carbocycles. The maximum Gasteiger partial charge on any atom is 0.330 e. The molecule has 0 aliphatic heterocycles.